The van der Waals surface area contributed by atoms with Crippen LogP contribution < -0.4 is 9.46 Å². The first-order chi connectivity index (χ1) is 9.35. The van der Waals surface area contributed by atoms with Crippen LogP contribution in [0.3, 0.4) is 0 Å². The lowest BCUT2D eigenvalue weighted by atomic mass is 10.1. The van der Waals surface area contributed by atoms with Crippen molar-refractivity contribution in [3.63, 3.8) is 0 Å². The van der Waals surface area contributed by atoms with E-state index in [-0.39, 0.29) is 0 Å². The highest BCUT2D eigenvalue weighted by molar-refractivity contribution is 7.87. The van der Waals surface area contributed by atoms with Gasteiger partial charge in [0.25, 0.3) is 10.2 Å². The normalized spacial score (nSPS) is 13.5. The predicted octanol–water partition coefficient (Wildman–Crippen LogP) is 2.07. The van der Waals surface area contributed by atoms with E-state index >= 15 is 0 Å². The van der Waals surface area contributed by atoms with Crippen LogP contribution in [0.15, 0.2) is 18.2 Å². The van der Waals surface area contributed by atoms with Crippen LogP contribution >= 0.6 is 0 Å². The summed E-state index contributed by atoms with van der Waals surface area (Å²) in [6.07, 6.45) is 0. The first-order valence-electron chi connectivity index (χ1n) is 6.46. The Bertz CT molecular complexity index is 545. The zero-order valence-electron chi connectivity index (χ0n) is 12.2. The molecule has 0 aromatic heterocycles. The molecule has 1 aromatic rings. The van der Waals surface area contributed by atoms with Gasteiger partial charge in [-0.05, 0) is 25.1 Å². The first kappa shape index (κ1) is 16.9. The molecule has 0 aliphatic rings. The molecule has 7 heteroatoms. The zero-order chi connectivity index (χ0) is 15.3. The monoisotopic (exact) mass is 304 g/mol. The molecule has 0 fully saturated rings. The van der Waals surface area contributed by atoms with E-state index in [0.29, 0.717) is 24.4 Å². The summed E-state index contributed by atoms with van der Waals surface area (Å²) in [6, 6.07) is 3.43. The molecule has 0 bridgehead atoms. The largest absolute Gasteiger partial charge is 0.496 e. The fraction of sp³-hybridized carbons (Fsp3) is 0.538. The van der Waals surface area contributed by atoms with Gasteiger partial charge < -0.3 is 4.74 Å². The van der Waals surface area contributed by atoms with Gasteiger partial charge in [0.2, 0.25) is 0 Å². The van der Waals surface area contributed by atoms with Gasteiger partial charge in [0.1, 0.15) is 11.6 Å². The summed E-state index contributed by atoms with van der Waals surface area (Å²) in [7, 11) is -2.14. The van der Waals surface area contributed by atoms with Gasteiger partial charge in [0.05, 0.1) is 7.11 Å². The van der Waals surface area contributed by atoms with Crippen molar-refractivity contribution in [2.75, 3.05) is 20.2 Å². The van der Waals surface area contributed by atoms with Crippen LogP contribution in [0.2, 0.25) is 0 Å². The number of halogens is 1. The number of rotatable bonds is 7. The summed E-state index contributed by atoms with van der Waals surface area (Å²) in [5.74, 6) is 0.0100. The molecule has 1 unspecified atom stereocenters. The van der Waals surface area contributed by atoms with E-state index in [9.17, 15) is 12.8 Å². The molecule has 0 heterocycles. The molecule has 20 heavy (non-hydrogen) atoms. The molecule has 1 aromatic carbocycles. The Labute approximate surface area is 119 Å². The van der Waals surface area contributed by atoms with Crippen LogP contribution in [0.4, 0.5) is 4.39 Å². The SMILES string of the molecule is CCN(CC)S(=O)(=O)NC(C)c1cc(F)ccc1OC. The second-order valence-electron chi connectivity index (χ2n) is 4.32. The van der Waals surface area contributed by atoms with E-state index in [1.807, 2.05) is 0 Å². The second-order valence-corrected chi connectivity index (χ2v) is 6.02. The topological polar surface area (TPSA) is 58.6 Å². The Morgan fingerprint density at radius 2 is 1.95 bits per heavy atom. The van der Waals surface area contributed by atoms with Gasteiger partial charge in [-0.2, -0.15) is 17.4 Å². The second kappa shape index (κ2) is 7.01. The summed E-state index contributed by atoms with van der Waals surface area (Å²) in [5, 5.41) is 0. The van der Waals surface area contributed by atoms with E-state index in [2.05, 4.69) is 4.72 Å². The zero-order valence-corrected chi connectivity index (χ0v) is 13.0. The summed E-state index contributed by atoms with van der Waals surface area (Å²) in [6.45, 7) is 5.92. The molecule has 114 valence electrons. The van der Waals surface area contributed by atoms with E-state index in [0.717, 1.165) is 0 Å². The van der Waals surface area contributed by atoms with Gasteiger partial charge in [-0.3, -0.25) is 0 Å². The van der Waals surface area contributed by atoms with Crippen molar-refractivity contribution in [1.82, 2.24) is 9.03 Å². The highest BCUT2D eigenvalue weighted by Crippen LogP contribution is 2.26. The maximum atomic E-state index is 13.3. The number of hydrogen-bond donors (Lipinski definition) is 1. The molecule has 1 atom stereocenters. The molecular weight excluding hydrogens is 283 g/mol. The summed E-state index contributed by atoms with van der Waals surface area (Å²) in [5.41, 5.74) is 0.461. The lowest BCUT2D eigenvalue weighted by Crippen LogP contribution is -2.41. The molecule has 0 aliphatic heterocycles. The molecule has 0 aliphatic carbocycles. The van der Waals surface area contributed by atoms with Crippen molar-refractivity contribution in [2.45, 2.75) is 26.8 Å². The van der Waals surface area contributed by atoms with Crippen molar-refractivity contribution in [3.05, 3.63) is 29.6 Å². The first-order valence-corrected chi connectivity index (χ1v) is 7.90. The number of benzene rings is 1. The Morgan fingerprint density at radius 3 is 2.45 bits per heavy atom. The van der Waals surface area contributed by atoms with Crippen LogP contribution in [-0.2, 0) is 10.2 Å². The molecular formula is C13H21FN2O3S. The fourth-order valence-electron chi connectivity index (χ4n) is 1.97. The minimum Gasteiger partial charge on any atom is -0.496 e. The number of hydrogen-bond acceptors (Lipinski definition) is 3. The van der Waals surface area contributed by atoms with Crippen LogP contribution in [0, 0.1) is 5.82 Å². The van der Waals surface area contributed by atoms with Gasteiger partial charge in [0.15, 0.2) is 0 Å². The standard InChI is InChI=1S/C13H21FN2O3S/c1-5-16(6-2)20(17,18)15-10(3)12-9-11(14)7-8-13(12)19-4/h7-10,15H,5-6H2,1-4H3. The third-order valence-corrected chi connectivity index (χ3v) is 4.88. The van der Waals surface area contributed by atoms with Gasteiger partial charge in [-0.25, -0.2) is 4.39 Å². The Balaban J connectivity index is 3.02. The van der Waals surface area contributed by atoms with E-state index in [1.54, 1.807) is 20.8 Å². The summed E-state index contributed by atoms with van der Waals surface area (Å²) < 4.78 is 46.6. The van der Waals surface area contributed by atoms with Crippen LogP contribution in [-0.4, -0.2) is 32.9 Å². The van der Waals surface area contributed by atoms with Crippen LogP contribution in [0.25, 0.3) is 0 Å². The van der Waals surface area contributed by atoms with E-state index < -0.39 is 22.1 Å². The van der Waals surface area contributed by atoms with Gasteiger partial charge >= 0.3 is 0 Å². The lowest BCUT2D eigenvalue weighted by molar-refractivity contribution is 0.400. The minimum absolute atomic E-state index is 0.374. The average Bonchev–Trinajstić information content (AvgIpc) is 2.39. The smallest absolute Gasteiger partial charge is 0.279 e. The van der Waals surface area contributed by atoms with Gasteiger partial charge in [-0.15, -0.1) is 0 Å². The molecule has 0 spiro atoms. The van der Waals surface area contributed by atoms with Crippen molar-refractivity contribution in [3.8, 4) is 5.75 Å². The van der Waals surface area contributed by atoms with Crippen LogP contribution in [0.5, 0.6) is 5.75 Å². The third kappa shape index (κ3) is 3.91. The molecule has 5 nitrogen and oxygen atoms in total. The lowest BCUT2D eigenvalue weighted by Gasteiger charge is -2.23. The van der Waals surface area contributed by atoms with Crippen molar-refractivity contribution in [2.24, 2.45) is 0 Å². The average molecular weight is 304 g/mol. The Kier molecular flexibility index (Phi) is 5.91. The number of methoxy groups -OCH3 is 1. The third-order valence-electron chi connectivity index (χ3n) is 3.03. The molecule has 0 saturated carbocycles. The maximum absolute atomic E-state index is 13.3. The molecule has 0 radical (unpaired) electrons. The number of ether oxygens (including phenoxy) is 1. The van der Waals surface area contributed by atoms with Crippen molar-refractivity contribution < 1.29 is 17.5 Å². The summed E-state index contributed by atoms with van der Waals surface area (Å²) >= 11 is 0. The van der Waals surface area contributed by atoms with Gasteiger partial charge in [-0.1, -0.05) is 13.8 Å². The Morgan fingerprint density at radius 1 is 1.35 bits per heavy atom. The fourth-order valence-corrected chi connectivity index (χ4v) is 3.37. The van der Waals surface area contributed by atoms with Gasteiger partial charge in [0, 0.05) is 24.7 Å². The number of nitrogens with zero attached hydrogens (tertiary/aromatic N) is 1. The molecule has 1 N–H and O–H groups in total. The maximum Gasteiger partial charge on any atom is 0.279 e. The molecule has 0 saturated heterocycles. The van der Waals surface area contributed by atoms with Crippen molar-refractivity contribution >= 4 is 10.2 Å². The number of nitrogens with one attached hydrogen (secondary N) is 1. The quantitative estimate of drug-likeness (QED) is 0.839. The highest BCUT2D eigenvalue weighted by atomic mass is 32.2. The highest BCUT2D eigenvalue weighted by Gasteiger charge is 2.23. The summed E-state index contributed by atoms with van der Waals surface area (Å²) in [4.78, 5) is 0. The Hall–Kier alpha value is -1.18. The van der Waals surface area contributed by atoms with E-state index in [4.69, 9.17) is 4.74 Å². The van der Waals surface area contributed by atoms with E-state index in [1.165, 1.54) is 29.6 Å². The predicted molar refractivity (Wildman–Crippen MR) is 76.3 cm³/mol. The van der Waals surface area contributed by atoms with Crippen molar-refractivity contribution in [1.29, 1.82) is 0 Å². The van der Waals surface area contributed by atoms with Crippen LogP contribution in [0.1, 0.15) is 32.4 Å². The molecule has 1 rings (SSSR count). The minimum atomic E-state index is -3.60. The molecule has 0 amide bonds.